The van der Waals surface area contributed by atoms with Crippen molar-refractivity contribution < 1.29 is 9.53 Å². The van der Waals surface area contributed by atoms with Gasteiger partial charge in [0.15, 0.2) is 0 Å². The van der Waals surface area contributed by atoms with Crippen molar-refractivity contribution in [3.05, 3.63) is 12.2 Å². The van der Waals surface area contributed by atoms with Gasteiger partial charge in [0, 0.05) is 31.8 Å². The summed E-state index contributed by atoms with van der Waals surface area (Å²) in [5.41, 5.74) is 0.631. The lowest BCUT2D eigenvalue weighted by Gasteiger charge is -2.38. The molecule has 3 aliphatic rings. The van der Waals surface area contributed by atoms with Crippen molar-refractivity contribution in [1.29, 1.82) is 0 Å². The summed E-state index contributed by atoms with van der Waals surface area (Å²) in [6.45, 7) is 10.1. The minimum atomic E-state index is 0.0869. The predicted octanol–water partition coefficient (Wildman–Crippen LogP) is 1.66. The summed E-state index contributed by atoms with van der Waals surface area (Å²) in [5.74, 6) is 0.948. The molecule has 0 spiro atoms. The van der Waals surface area contributed by atoms with E-state index in [4.69, 9.17) is 4.74 Å². The Labute approximate surface area is 121 Å². The molecule has 1 amide bonds. The second-order valence-corrected chi connectivity index (χ2v) is 6.61. The van der Waals surface area contributed by atoms with Crippen LogP contribution < -0.4 is 0 Å². The van der Waals surface area contributed by atoms with Crippen LogP contribution in [0.1, 0.15) is 32.6 Å². The molecule has 0 bridgehead atoms. The zero-order valence-corrected chi connectivity index (χ0v) is 12.5. The maximum absolute atomic E-state index is 12.1. The van der Waals surface area contributed by atoms with E-state index in [0.29, 0.717) is 11.6 Å². The molecule has 3 rings (SSSR count). The number of rotatable bonds is 3. The smallest absolute Gasteiger partial charge is 0.249 e. The molecule has 0 aromatic heterocycles. The summed E-state index contributed by atoms with van der Waals surface area (Å²) >= 11 is 0. The first-order valence-corrected chi connectivity index (χ1v) is 7.95. The van der Waals surface area contributed by atoms with Crippen LogP contribution in [-0.4, -0.2) is 60.6 Å². The van der Waals surface area contributed by atoms with Crippen LogP contribution in [-0.2, 0) is 9.53 Å². The van der Waals surface area contributed by atoms with Gasteiger partial charge in [0.05, 0.1) is 18.8 Å². The van der Waals surface area contributed by atoms with Gasteiger partial charge in [-0.1, -0.05) is 19.4 Å². The van der Waals surface area contributed by atoms with E-state index < -0.39 is 0 Å². The Bertz CT molecular complexity index is 390. The lowest BCUT2D eigenvalue weighted by molar-refractivity contribution is -0.126. The van der Waals surface area contributed by atoms with Crippen LogP contribution in [0.4, 0.5) is 0 Å². The molecule has 1 saturated carbocycles. The molecule has 112 valence electrons. The van der Waals surface area contributed by atoms with E-state index >= 15 is 0 Å². The van der Waals surface area contributed by atoms with Crippen LogP contribution in [0.2, 0.25) is 0 Å². The molecule has 0 aromatic rings. The van der Waals surface area contributed by atoms with Crippen LogP contribution >= 0.6 is 0 Å². The Hall–Kier alpha value is -0.870. The van der Waals surface area contributed by atoms with Crippen molar-refractivity contribution >= 4 is 5.91 Å². The first-order chi connectivity index (χ1) is 9.65. The Balaban J connectivity index is 1.63. The molecule has 0 N–H and O–H groups in total. The van der Waals surface area contributed by atoms with E-state index in [0.717, 1.165) is 32.2 Å². The number of nitrogens with zero attached hydrogens (tertiary/aromatic N) is 2. The zero-order chi connectivity index (χ0) is 14.1. The number of ether oxygens (including phenoxy) is 1. The zero-order valence-electron chi connectivity index (χ0n) is 12.5. The summed E-state index contributed by atoms with van der Waals surface area (Å²) in [6.07, 6.45) is 5.74. The predicted molar refractivity (Wildman–Crippen MR) is 78.5 cm³/mol. The van der Waals surface area contributed by atoms with Gasteiger partial charge in [-0.05, 0) is 25.7 Å². The van der Waals surface area contributed by atoms with Gasteiger partial charge in [-0.2, -0.15) is 0 Å². The Morgan fingerprint density at radius 2 is 2.05 bits per heavy atom. The van der Waals surface area contributed by atoms with Crippen molar-refractivity contribution in [1.82, 2.24) is 9.80 Å². The molecule has 0 unspecified atom stereocenters. The second-order valence-electron chi connectivity index (χ2n) is 6.61. The fraction of sp³-hybridized carbons (Fsp3) is 0.812. The van der Waals surface area contributed by atoms with Gasteiger partial charge in [0.1, 0.15) is 0 Å². The molecule has 2 atom stereocenters. The molecule has 2 aliphatic heterocycles. The molecular weight excluding hydrogens is 252 g/mol. The van der Waals surface area contributed by atoms with E-state index in [-0.39, 0.29) is 12.0 Å². The number of morpholine rings is 1. The number of hydrogen-bond acceptors (Lipinski definition) is 3. The number of amides is 1. The van der Waals surface area contributed by atoms with Crippen LogP contribution in [0.5, 0.6) is 0 Å². The molecule has 20 heavy (non-hydrogen) atoms. The standard InChI is InChI=1S/C16H26N2O2/c1-12(2)16(19)18-10-14-15(11-18)20-8-7-17(14)9-13-5-3-4-6-13/h13-15H,1,3-11H2,2H3/t14-,15-/m0/s1. The molecular formula is C16H26N2O2. The van der Waals surface area contributed by atoms with Gasteiger partial charge in [-0.25, -0.2) is 0 Å². The third kappa shape index (κ3) is 2.77. The molecule has 4 heteroatoms. The van der Waals surface area contributed by atoms with Crippen LogP contribution in [0.15, 0.2) is 12.2 Å². The summed E-state index contributed by atoms with van der Waals surface area (Å²) in [5, 5.41) is 0. The van der Waals surface area contributed by atoms with Crippen molar-refractivity contribution in [3.63, 3.8) is 0 Å². The third-order valence-corrected chi connectivity index (χ3v) is 5.04. The van der Waals surface area contributed by atoms with Crippen LogP contribution in [0.3, 0.4) is 0 Å². The lowest BCUT2D eigenvalue weighted by atomic mass is 10.0. The van der Waals surface area contributed by atoms with Gasteiger partial charge in [0.25, 0.3) is 0 Å². The monoisotopic (exact) mass is 278 g/mol. The maximum atomic E-state index is 12.1. The lowest BCUT2D eigenvalue weighted by Crippen LogP contribution is -2.52. The molecule has 0 radical (unpaired) electrons. The fourth-order valence-corrected chi connectivity index (χ4v) is 3.95. The van der Waals surface area contributed by atoms with E-state index in [1.807, 2.05) is 4.90 Å². The van der Waals surface area contributed by atoms with Crippen molar-refractivity contribution in [2.24, 2.45) is 5.92 Å². The van der Waals surface area contributed by atoms with Gasteiger partial charge in [-0.3, -0.25) is 9.69 Å². The maximum Gasteiger partial charge on any atom is 0.249 e. The van der Waals surface area contributed by atoms with Crippen molar-refractivity contribution in [2.45, 2.75) is 44.8 Å². The van der Waals surface area contributed by atoms with Crippen molar-refractivity contribution in [3.8, 4) is 0 Å². The third-order valence-electron chi connectivity index (χ3n) is 5.04. The average molecular weight is 278 g/mol. The minimum Gasteiger partial charge on any atom is -0.373 e. The highest BCUT2D eigenvalue weighted by molar-refractivity contribution is 5.92. The van der Waals surface area contributed by atoms with Gasteiger partial charge < -0.3 is 9.64 Å². The Morgan fingerprint density at radius 1 is 1.30 bits per heavy atom. The molecule has 1 aliphatic carbocycles. The quantitative estimate of drug-likeness (QED) is 0.736. The molecule has 0 aromatic carbocycles. The van der Waals surface area contributed by atoms with Gasteiger partial charge in [0.2, 0.25) is 5.91 Å². The number of hydrogen-bond donors (Lipinski definition) is 0. The highest BCUT2D eigenvalue weighted by Crippen LogP contribution is 2.29. The van der Waals surface area contributed by atoms with E-state index in [2.05, 4.69) is 11.5 Å². The molecule has 3 fully saturated rings. The molecule has 2 heterocycles. The Morgan fingerprint density at radius 3 is 2.75 bits per heavy atom. The summed E-state index contributed by atoms with van der Waals surface area (Å²) in [6, 6.07) is 0.396. The largest absolute Gasteiger partial charge is 0.373 e. The summed E-state index contributed by atoms with van der Waals surface area (Å²) in [7, 11) is 0. The van der Waals surface area contributed by atoms with Gasteiger partial charge in [-0.15, -0.1) is 0 Å². The minimum absolute atomic E-state index is 0.0869. The summed E-state index contributed by atoms with van der Waals surface area (Å²) < 4.78 is 5.89. The first kappa shape index (κ1) is 14.1. The fourth-order valence-electron chi connectivity index (χ4n) is 3.95. The van der Waals surface area contributed by atoms with Crippen LogP contribution in [0.25, 0.3) is 0 Å². The highest BCUT2D eigenvalue weighted by Gasteiger charge is 2.42. The van der Waals surface area contributed by atoms with Gasteiger partial charge >= 0.3 is 0 Å². The normalized spacial score (nSPS) is 31.6. The number of carbonyl (C=O) groups excluding carboxylic acids is 1. The topological polar surface area (TPSA) is 32.8 Å². The summed E-state index contributed by atoms with van der Waals surface area (Å²) in [4.78, 5) is 16.6. The SMILES string of the molecule is C=C(C)C(=O)N1C[C@@H]2OCCN(CC3CCCC3)[C@H]2C1. The molecule has 2 saturated heterocycles. The molecule has 4 nitrogen and oxygen atoms in total. The number of likely N-dealkylation sites (tertiary alicyclic amines) is 1. The first-order valence-electron chi connectivity index (χ1n) is 7.95. The van der Waals surface area contributed by atoms with E-state index in [1.165, 1.54) is 32.2 Å². The number of fused-ring (bicyclic) bond motifs is 1. The second kappa shape index (κ2) is 5.86. The van der Waals surface area contributed by atoms with Crippen molar-refractivity contribution in [2.75, 3.05) is 32.8 Å². The van der Waals surface area contributed by atoms with Crippen LogP contribution in [0, 0.1) is 5.92 Å². The Kier molecular flexibility index (Phi) is 4.13. The number of carbonyl (C=O) groups is 1. The average Bonchev–Trinajstić information content (AvgIpc) is 3.06. The van der Waals surface area contributed by atoms with E-state index in [9.17, 15) is 4.79 Å². The van der Waals surface area contributed by atoms with E-state index in [1.54, 1.807) is 6.92 Å². The highest BCUT2D eigenvalue weighted by atomic mass is 16.5.